The maximum absolute atomic E-state index is 12.7. The molecule has 1 N–H and O–H groups in total. The van der Waals surface area contributed by atoms with Crippen LogP contribution in [0.5, 0.6) is 0 Å². The monoisotopic (exact) mass is 516 g/mol. The van der Waals surface area contributed by atoms with E-state index >= 15 is 0 Å². The Morgan fingerprint density at radius 2 is 1.57 bits per heavy atom. The highest BCUT2D eigenvalue weighted by molar-refractivity contribution is 5.77. The minimum Gasteiger partial charge on any atom is -0.459 e. The Labute approximate surface area is 196 Å². The molecular weight excluding hydrogens is 490 g/mol. The van der Waals surface area contributed by atoms with Crippen molar-refractivity contribution in [1.82, 2.24) is 0 Å². The molecule has 6 rings (SSSR count). The summed E-state index contributed by atoms with van der Waals surface area (Å²) in [6.07, 6.45) is -12.4. The van der Waals surface area contributed by atoms with E-state index in [2.05, 4.69) is 4.74 Å². The van der Waals surface area contributed by atoms with Gasteiger partial charge in [-0.2, -0.15) is 26.3 Å². The van der Waals surface area contributed by atoms with Gasteiger partial charge in [0.15, 0.2) is 6.61 Å². The molecule has 0 aromatic heterocycles. The summed E-state index contributed by atoms with van der Waals surface area (Å²) in [4.78, 5) is 36.2. The molecule has 198 valence electrons. The molecule has 35 heavy (non-hydrogen) atoms. The summed E-state index contributed by atoms with van der Waals surface area (Å²) in [5, 5.41) is 9.08. The van der Waals surface area contributed by atoms with Crippen LogP contribution in [0.1, 0.15) is 52.9 Å². The van der Waals surface area contributed by atoms with Crippen molar-refractivity contribution in [3.63, 3.8) is 0 Å². The second kappa shape index (κ2) is 7.48. The maximum Gasteiger partial charge on any atom is 0.426 e. The SMILES string of the molecule is CC(C)C(=O)OC12CC3CC4(C1)C3C(C2)C4(C)OC(=O)COC(=O)CC(O)(C(F)(F)F)C(F)(F)F. The zero-order valence-corrected chi connectivity index (χ0v) is 19.2. The van der Waals surface area contributed by atoms with E-state index in [1.807, 2.05) is 0 Å². The lowest BCUT2D eigenvalue weighted by Crippen LogP contribution is -2.87. The van der Waals surface area contributed by atoms with Crippen LogP contribution < -0.4 is 0 Å². The van der Waals surface area contributed by atoms with Gasteiger partial charge in [-0.05, 0) is 44.4 Å². The van der Waals surface area contributed by atoms with E-state index in [4.69, 9.17) is 14.6 Å². The number of carbonyl (C=O) groups is 3. The first-order valence-corrected chi connectivity index (χ1v) is 11.3. The molecule has 6 saturated carbocycles. The van der Waals surface area contributed by atoms with E-state index < -0.39 is 59.5 Å². The van der Waals surface area contributed by atoms with Crippen LogP contribution in [0, 0.1) is 29.1 Å². The van der Waals surface area contributed by atoms with Crippen LogP contribution in [-0.4, -0.2) is 58.8 Å². The first-order chi connectivity index (χ1) is 15.8. The second-order valence-electron chi connectivity index (χ2n) is 10.9. The lowest BCUT2D eigenvalue weighted by Gasteiger charge is -2.85. The first kappa shape index (κ1) is 26.0. The summed E-state index contributed by atoms with van der Waals surface area (Å²) in [5.74, 6) is -3.35. The van der Waals surface area contributed by atoms with Crippen molar-refractivity contribution >= 4 is 17.9 Å². The van der Waals surface area contributed by atoms with Crippen molar-refractivity contribution in [2.24, 2.45) is 29.1 Å². The maximum atomic E-state index is 12.7. The van der Waals surface area contributed by atoms with Crippen molar-refractivity contribution in [2.45, 2.75) is 82.0 Å². The highest BCUT2D eigenvalue weighted by Gasteiger charge is 2.87. The Balaban J connectivity index is 1.36. The number of aliphatic hydroxyl groups is 1. The molecule has 0 aromatic carbocycles. The Hall–Kier alpha value is -2.05. The lowest BCUT2D eigenvalue weighted by molar-refractivity contribution is -0.419. The fourth-order valence-electron chi connectivity index (χ4n) is 7.11. The molecule has 0 radical (unpaired) electrons. The molecule has 13 heteroatoms. The number of hydrogen-bond donors (Lipinski definition) is 1. The van der Waals surface area contributed by atoms with Crippen molar-refractivity contribution < 1.29 is 60.0 Å². The van der Waals surface area contributed by atoms with E-state index in [1.165, 1.54) is 0 Å². The quantitative estimate of drug-likeness (QED) is 0.314. The summed E-state index contributed by atoms with van der Waals surface area (Å²) in [6.45, 7) is 3.95. The van der Waals surface area contributed by atoms with Gasteiger partial charge >= 0.3 is 30.3 Å². The van der Waals surface area contributed by atoms with Crippen LogP contribution >= 0.6 is 0 Å². The summed E-state index contributed by atoms with van der Waals surface area (Å²) < 4.78 is 92.2. The van der Waals surface area contributed by atoms with Gasteiger partial charge in [-0.3, -0.25) is 9.59 Å². The van der Waals surface area contributed by atoms with Gasteiger partial charge in [0.1, 0.15) is 11.2 Å². The number of esters is 3. The van der Waals surface area contributed by atoms with Crippen molar-refractivity contribution in [3.8, 4) is 0 Å². The summed E-state index contributed by atoms with van der Waals surface area (Å²) >= 11 is 0. The third-order valence-corrected chi connectivity index (χ3v) is 8.57. The molecule has 0 heterocycles. The van der Waals surface area contributed by atoms with Gasteiger partial charge in [-0.25, -0.2) is 4.79 Å². The van der Waals surface area contributed by atoms with E-state index in [9.17, 15) is 40.7 Å². The molecular formula is C22H26F6O7. The number of alkyl halides is 6. The lowest BCUT2D eigenvalue weighted by atomic mass is 9.21. The molecule has 6 aliphatic carbocycles. The predicted octanol–water partition coefficient (Wildman–Crippen LogP) is 3.47. The second-order valence-corrected chi connectivity index (χ2v) is 10.9. The zero-order valence-electron chi connectivity index (χ0n) is 19.2. The van der Waals surface area contributed by atoms with Gasteiger partial charge in [0.05, 0.1) is 12.3 Å². The van der Waals surface area contributed by atoms with Crippen LogP contribution in [0.25, 0.3) is 0 Å². The van der Waals surface area contributed by atoms with E-state index in [0.717, 1.165) is 12.8 Å². The molecule has 0 aliphatic heterocycles. The predicted molar refractivity (Wildman–Crippen MR) is 102 cm³/mol. The number of rotatable bonds is 7. The molecule has 0 saturated heterocycles. The van der Waals surface area contributed by atoms with Crippen LogP contribution in [-0.2, 0) is 28.6 Å². The van der Waals surface area contributed by atoms with Gasteiger partial charge in [-0.15, -0.1) is 0 Å². The number of ether oxygens (including phenoxy) is 3. The average Bonchev–Trinajstić information content (AvgIpc) is 2.69. The van der Waals surface area contributed by atoms with E-state index in [-0.39, 0.29) is 23.7 Å². The highest BCUT2D eigenvalue weighted by atomic mass is 19.4. The number of carbonyl (C=O) groups excluding carboxylic acids is 3. The Kier molecular flexibility index (Phi) is 5.56. The summed E-state index contributed by atoms with van der Waals surface area (Å²) in [5.41, 5.74) is -7.37. The molecule has 1 spiro atoms. The number of halogens is 6. The normalized spacial score (nSPS) is 37.3. The molecule has 6 aliphatic rings. The van der Waals surface area contributed by atoms with Crippen LogP contribution in [0.2, 0.25) is 0 Å². The molecule has 7 nitrogen and oxygen atoms in total. The Morgan fingerprint density at radius 1 is 0.971 bits per heavy atom. The summed E-state index contributed by atoms with van der Waals surface area (Å²) in [7, 11) is 0. The smallest absolute Gasteiger partial charge is 0.426 e. The fourth-order valence-corrected chi connectivity index (χ4v) is 7.11. The molecule has 6 fully saturated rings. The van der Waals surface area contributed by atoms with Crippen molar-refractivity contribution in [1.29, 1.82) is 0 Å². The van der Waals surface area contributed by atoms with Crippen molar-refractivity contribution in [3.05, 3.63) is 0 Å². The van der Waals surface area contributed by atoms with Crippen LogP contribution in [0.3, 0.4) is 0 Å². The van der Waals surface area contributed by atoms with Gasteiger partial charge in [-0.1, -0.05) is 13.8 Å². The fraction of sp³-hybridized carbons (Fsp3) is 0.864. The average molecular weight is 516 g/mol. The third-order valence-electron chi connectivity index (χ3n) is 8.57. The summed E-state index contributed by atoms with van der Waals surface area (Å²) in [6, 6.07) is 0. The molecule has 0 aromatic rings. The van der Waals surface area contributed by atoms with Gasteiger partial charge in [0.2, 0.25) is 0 Å². The van der Waals surface area contributed by atoms with Gasteiger partial charge in [0, 0.05) is 11.3 Å². The standard InChI is InChI=1S/C22H26F6O7/c1-10(2)16(31)35-18-4-11-5-19(9-18)15(11)12(6-18)17(19,3)34-14(30)8-33-13(29)7-20(32,21(23,24)25)22(26,27)28/h10-12,15,32H,4-9H2,1-3H3. The molecule has 0 amide bonds. The third kappa shape index (κ3) is 3.54. The van der Waals surface area contributed by atoms with Gasteiger partial charge < -0.3 is 19.3 Å². The van der Waals surface area contributed by atoms with E-state index in [1.54, 1.807) is 20.8 Å². The minimum absolute atomic E-state index is 0.135. The van der Waals surface area contributed by atoms with E-state index in [0.29, 0.717) is 18.8 Å². The van der Waals surface area contributed by atoms with Crippen LogP contribution in [0.4, 0.5) is 26.3 Å². The minimum atomic E-state index is -6.18. The zero-order chi connectivity index (χ0) is 26.4. The molecule has 6 atom stereocenters. The highest BCUT2D eigenvalue weighted by Crippen LogP contribution is 2.85. The Morgan fingerprint density at radius 3 is 2.09 bits per heavy atom. The van der Waals surface area contributed by atoms with Gasteiger partial charge in [0.25, 0.3) is 5.60 Å². The number of hydrogen-bond acceptors (Lipinski definition) is 7. The van der Waals surface area contributed by atoms with Crippen LogP contribution in [0.15, 0.2) is 0 Å². The first-order valence-electron chi connectivity index (χ1n) is 11.3. The molecule has 6 unspecified atom stereocenters. The largest absolute Gasteiger partial charge is 0.459 e. The van der Waals surface area contributed by atoms with Crippen molar-refractivity contribution in [2.75, 3.05) is 6.61 Å². The topological polar surface area (TPSA) is 99.1 Å². The Bertz CT molecular complexity index is 932. The molecule has 5 bridgehead atoms.